The maximum atomic E-state index is 13.5. The van der Waals surface area contributed by atoms with Crippen LogP contribution in [0.25, 0.3) is 11.0 Å². The summed E-state index contributed by atoms with van der Waals surface area (Å²) < 4.78 is 32.3. The molecule has 0 aliphatic rings. The van der Waals surface area contributed by atoms with Crippen LogP contribution >= 0.6 is 0 Å². The molecule has 3 rings (SSSR count). The smallest absolute Gasteiger partial charge is 0.134 e. The summed E-state index contributed by atoms with van der Waals surface area (Å²) in [6.45, 7) is 2.71. The lowest BCUT2D eigenvalue weighted by atomic mass is 10.1. The number of furan rings is 1. The molecule has 0 radical (unpaired) electrons. The molecule has 4 heteroatoms. The van der Waals surface area contributed by atoms with Crippen molar-refractivity contribution in [2.24, 2.45) is 0 Å². The van der Waals surface area contributed by atoms with Gasteiger partial charge in [-0.25, -0.2) is 8.78 Å². The number of benzene rings is 2. The molecule has 0 aliphatic heterocycles. The molecule has 1 N–H and O–H groups in total. The van der Waals surface area contributed by atoms with Crippen LogP contribution in [0.3, 0.4) is 0 Å². The first-order valence-corrected chi connectivity index (χ1v) is 6.77. The quantitative estimate of drug-likeness (QED) is 0.773. The van der Waals surface area contributed by atoms with E-state index in [2.05, 4.69) is 5.32 Å². The fourth-order valence-electron chi connectivity index (χ4n) is 2.44. The van der Waals surface area contributed by atoms with Gasteiger partial charge in [-0.1, -0.05) is 18.2 Å². The molecule has 0 bridgehead atoms. The van der Waals surface area contributed by atoms with Crippen molar-refractivity contribution >= 4 is 11.0 Å². The summed E-state index contributed by atoms with van der Waals surface area (Å²) in [6.07, 6.45) is 0. The Balaban J connectivity index is 1.75. The second kappa shape index (κ2) is 5.66. The van der Waals surface area contributed by atoms with Gasteiger partial charge < -0.3 is 9.73 Å². The van der Waals surface area contributed by atoms with Crippen LogP contribution in [-0.4, -0.2) is 0 Å². The van der Waals surface area contributed by atoms with Gasteiger partial charge in [0.25, 0.3) is 0 Å². The fraction of sp³-hybridized carbons (Fsp3) is 0.176. The van der Waals surface area contributed by atoms with Gasteiger partial charge in [0.1, 0.15) is 23.0 Å². The summed E-state index contributed by atoms with van der Waals surface area (Å²) in [5.41, 5.74) is 2.20. The van der Waals surface area contributed by atoms with Gasteiger partial charge in [0.2, 0.25) is 0 Å². The Morgan fingerprint density at radius 2 is 1.86 bits per heavy atom. The lowest BCUT2D eigenvalue weighted by molar-refractivity contribution is 0.555. The van der Waals surface area contributed by atoms with E-state index in [9.17, 15) is 8.78 Å². The van der Waals surface area contributed by atoms with Gasteiger partial charge in [0.15, 0.2) is 0 Å². The molecule has 1 heterocycles. The van der Waals surface area contributed by atoms with E-state index < -0.39 is 11.6 Å². The number of nitrogens with one attached hydrogen (secondary N) is 1. The molecule has 0 aliphatic carbocycles. The molecule has 1 aromatic heterocycles. The van der Waals surface area contributed by atoms with Crippen LogP contribution in [0.5, 0.6) is 0 Å². The zero-order valence-corrected chi connectivity index (χ0v) is 11.6. The lowest BCUT2D eigenvalue weighted by Gasteiger charge is -2.06. The normalized spacial score (nSPS) is 11.2. The van der Waals surface area contributed by atoms with E-state index in [1.807, 2.05) is 31.2 Å². The van der Waals surface area contributed by atoms with Crippen molar-refractivity contribution in [3.63, 3.8) is 0 Å². The standard InChI is InChI=1S/C17H15F2NO/c1-11-15(14-4-2-3-5-17(14)21-11)10-20-9-12-8-13(18)6-7-16(12)19/h2-8,20H,9-10H2,1H3. The van der Waals surface area contributed by atoms with Crippen molar-refractivity contribution in [1.82, 2.24) is 5.32 Å². The van der Waals surface area contributed by atoms with Crippen molar-refractivity contribution in [2.45, 2.75) is 20.0 Å². The van der Waals surface area contributed by atoms with Crippen molar-refractivity contribution in [3.05, 3.63) is 71.0 Å². The van der Waals surface area contributed by atoms with Crippen molar-refractivity contribution in [1.29, 1.82) is 0 Å². The third-order valence-corrected chi connectivity index (χ3v) is 3.53. The zero-order chi connectivity index (χ0) is 14.8. The Hall–Kier alpha value is -2.20. The topological polar surface area (TPSA) is 25.2 Å². The van der Waals surface area contributed by atoms with E-state index in [-0.39, 0.29) is 6.54 Å². The predicted molar refractivity (Wildman–Crippen MR) is 77.9 cm³/mol. The molecule has 3 aromatic rings. The zero-order valence-electron chi connectivity index (χ0n) is 11.6. The Bertz CT molecular complexity index is 780. The Labute approximate surface area is 121 Å². The summed E-state index contributed by atoms with van der Waals surface area (Å²) in [4.78, 5) is 0. The number of fused-ring (bicyclic) bond motifs is 1. The van der Waals surface area contributed by atoms with Crippen LogP contribution in [0, 0.1) is 18.6 Å². The van der Waals surface area contributed by atoms with E-state index in [0.717, 1.165) is 34.4 Å². The summed E-state index contributed by atoms with van der Waals surface area (Å²) in [6, 6.07) is 11.3. The monoisotopic (exact) mass is 287 g/mol. The number of aryl methyl sites for hydroxylation is 1. The Morgan fingerprint density at radius 1 is 1.05 bits per heavy atom. The van der Waals surface area contributed by atoms with Crippen molar-refractivity contribution < 1.29 is 13.2 Å². The van der Waals surface area contributed by atoms with E-state index in [0.29, 0.717) is 12.1 Å². The number of rotatable bonds is 4. The van der Waals surface area contributed by atoms with E-state index in [1.54, 1.807) is 0 Å². The average Bonchev–Trinajstić information content (AvgIpc) is 2.79. The highest BCUT2D eigenvalue weighted by Crippen LogP contribution is 2.25. The lowest BCUT2D eigenvalue weighted by Crippen LogP contribution is -2.14. The maximum absolute atomic E-state index is 13.5. The third kappa shape index (κ3) is 2.81. The molecule has 2 nitrogen and oxygen atoms in total. The highest BCUT2D eigenvalue weighted by Gasteiger charge is 2.10. The van der Waals surface area contributed by atoms with Crippen molar-refractivity contribution in [2.75, 3.05) is 0 Å². The third-order valence-electron chi connectivity index (χ3n) is 3.53. The maximum Gasteiger partial charge on any atom is 0.134 e. The number of halogens is 2. The second-order valence-corrected chi connectivity index (χ2v) is 4.97. The van der Waals surface area contributed by atoms with Gasteiger partial charge in [-0.2, -0.15) is 0 Å². The van der Waals surface area contributed by atoms with E-state index in [4.69, 9.17) is 4.42 Å². The Kier molecular flexibility index (Phi) is 3.71. The van der Waals surface area contributed by atoms with Gasteiger partial charge in [0, 0.05) is 29.6 Å². The van der Waals surface area contributed by atoms with E-state index >= 15 is 0 Å². The first-order valence-electron chi connectivity index (χ1n) is 6.77. The molecule has 0 atom stereocenters. The molecular weight excluding hydrogens is 272 g/mol. The minimum Gasteiger partial charge on any atom is -0.461 e. The Morgan fingerprint density at radius 3 is 2.71 bits per heavy atom. The molecule has 0 amide bonds. The number of hydrogen-bond donors (Lipinski definition) is 1. The van der Waals surface area contributed by atoms with Gasteiger partial charge in [0.05, 0.1) is 0 Å². The van der Waals surface area contributed by atoms with Gasteiger partial charge >= 0.3 is 0 Å². The largest absolute Gasteiger partial charge is 0.461 e. The average molecular weight is 287 g/mol. The molecule has 0 saturated carbocycles. The fourth-order valence-corrected chi connectivity index (χ4v) is 2.44. The van der Waals surface area contributed by atoms with Crippen LogP contribution in [0.15, 0.2) is 46.9 Å². The summed E-state index contributed by atoms with van der Waals surface area (Å²) in [5.74, 6) is -0.000714. The summed E-state index contributed by atoms with van der Waals surface area (Å²) in [5, 5.41) is 4.18. The van der Waals surface area contributed by atoms with Crippen LogP contribution in [0.2, 0.25) is 0 Å². The molecule has 0 spiro atoms. The highest BCUT2D eigenvalue weighted by atomic mass is 19.1. The highest BCUT2D eigenvalue weighted by molar-refractivity contribution is 5.82. The molecule has 21 heavy (non-hydrogen) atoms. The molecule has 0 saturated heterocycles. The SMILES string of the molecule is Cc1oc2ccccc2c1CNCc1cc(F)ccc1F. The van der Waals surface area contributed by atoms with E-state index in [1.165, 1.54) is 6.07 Å². The first kappa shape index (κ1) is 13.8. The van der Waals surface area contributed by atoms with Gasteiger partial charge in [-0.3, -0.25) is 0 Å². The molecule has 0 fully saturated rings. The van der Waals surface area contributed by atoms with Gasteiger partial charge in [-0.05, 0) is 31.2 Å². The summed E-state index contributed by atoms with van der Waals surface area (Å²) >= 11 is 0. The predicted octanol–water partition coefficient (Wildman–Crippen LogP) is 4.31. The van der Waals surface area contributed by atoms with Crippen LogP contribution < -0.4 is 5.32 Å². The van der Waals surface area contributed by atoms with Crippen molar-refractivity contribution in [3.8, 4) is 0 Å². The van der Waals surface area contributed by atoms with Crippen LogP contribution in [-0.2, 0) is 13.1 Å². The first-order chi connectivity index (χ1) is 10.1. The summed E-state index contributed by atoms with van der Waals surface area (Å²) in [7, 11) is 0. The molecule has 2 aromatic carbocycles. The minimum atomic E-state index is -0.432. The second-order valence-electron chi connectivity index (χ2n) is 4.97. The van der Waals surface area contributed by atoms with Crippen LogP contribution in [0.4, 0.5) is 8.78 Å². The number of para-hydroxylation sites is 1. The molecule has 0 unspecified atom stereocenters. The molecular formula is C17H15F2NO. The minimum absolute atomic E-state index is 0.266. The van der Waals surface area contributed by atoms with Crippen LogP contribution in [0.1, 0.15) is 16.9 Å². The van der Waals surface area contributed by atoms with Gasteiger partial charge in [-0.15, -0.1) is 0 Å². The molecule has 108 valence electrons. The number of hydrogen-bond acceptors (Lipinski definition) is 2.